The summed E-state index contributed by atoms with van der Waals surface area (Å²) in [6.07, 6.45) is 10.3. The van der Waals surface area contributed by atoms with E-state index in [9.17, 15) is 31.3 Å². The minimum atomic E-state index is -5.81. The Bertz CT molecular complexity index is 1670. The van der Waals surface area contributed by atoms with Gasteiger partial charge in [-0.1, -0.05) is 43.3 Å². The maximum atomic E-state index is 13.1. The van der Waals surface area contributed by atoms with Crippen LogP contribution in [0, 0.1) is 23.2 Å². The first-order chi connectivity index (χ1) is 23.8. The molecule has 5 fully saturated rings. The number of carbonyl (C=O) groups excluding carboxylic acids is 2. The van der Waals surface area contributed by atoms with Crippen LogP contribution in [0.1, 0.15) is 87.9 Å². The molecule has 8 rings (SSSR count). The molecule has 50 heavy (non-hydrogen) atoms. The molecule has 0 unspecified atom stereocenters. The van der Waals surface area contributed by atoms with Gasteiger partial charge in [0.25, 0.3) is 0 Å². The van der Waals surface area contributed by atoms with Crippen LogP contribution in [0.5, 0.6) is 0 Å². The third-order valence-electron chi connectivity index (χ3n) is 11.0. The molecule has 3 aromatic carbocycles. The Kier molecular flexibility index (Phi) is 10.8. The lowest BCUT2D eigenvalue weighted by atomic mass is 9.49. The molecule has 0 saturated heterocycles. The first-order valence-corrected chi connectivity index (χ1v) is 20.1. The molecule has 3 aromatic rings. The molecule has 0 heterocycles. The Hall–Kier alpha value is -3.28. The van der Waals surface area contributed by atoms with E-state index < -0.39 is 33.4 Å². The van der Waals surface area contributed by atoms with Crippen LogP contribution >= 0.6 is 0 Å². The fourth-order valence-corrected chi connectivity index (χ4v) is 11.1. The van der Waals surface area contributed by atoms with E-state index in [1.807, 2.05) is 24.3 Å². The van der Waals surface area contributed by atoms with Crippen molar-refractivity contribution in [2.45, 2.75) is 103 Å². The Balaban J connectivity index is 0.000000182. The third kappa shape index (κ3) is 7.95. The highest BCUT2D eigenvalue weighted by molar-refractivity contribution is 7.97. The van der Waals surface area contributed by atoms with Gasteiger partial charge in [-0.3, -0.25) is 4.79 Å². The van der Waals surface area contributed by atoms with Gasteiger partial charge in [0.15, 0.2) is 31.4 Å². The summed E-state index contributed by atoms with van der Waals surface area (Å²) in [6, 6.07) is 29.1. The molecular formula is C39H44F2O7S2. The van der Waals surface area contributed by atoms with Crippen LogP contribution in [0.25, 0.3) is 0 Å². The molecule has 0 N–H and O–H groups in total. The van der Waals surface area contributed by atoms with Crippen molar-refractivity contribution in [2.75, 3.05) is 6.61 Å². The average molecular weight is 727 g/mol. The van der Waals surface area contributed by atoms with E-state index in [4.69, 9.17) is 4.74 Å². The molecule has 0 spiro atoms. The van der Waals surface area contributed by atoms with Gasteiger partial charge >= 0.3 is 17.2 Å². The lowest BCUT2D eigenvalue weighted by molar-refractivity contribution is -0.176. The molecular weight excluding hydrogens is 683 g/mol. The SMILES string of the molecule is CCC1(OC(=O)c2ccc([S+](c3ccccc3)c3ccccc3)cc2)CCCC1.O=C(OCC(F)(F)S(=O)(=O)[O-])C12CC3CC(CC(C3)C1)C2. The summed E-state index contributed by atoms with van der Waals surface area (Å²) in [6.45, 7) is 0.437. The highest BCUT2D eigenvalue weighted by Crippen LogP contribution is 2.60. The van der Waals surface area contributed by atoms with Gasteiger partial charge < -0.3 is 14.0 Å². The third-order valence-corrected chi connectivity index (χ3v) is 14.0. The number of carbonyl (C=O) groups is 2. The predicted molar refractivity (Wildman–Crippen MR) is 185 cm³/mol. The van der Waals surface area contributed by atoms with Crippen molar-refractivity contribution < 1.29 is 40.8 Å². The van der Waals surface area contributed by atoms with Crippen molar-refractivity contribution in [2.24, 2.45) is 23.2 Å². The van der Waals surface area contributed by atoms with Crippen molar-refractivity contribution in [1.29, 1.82) is 0 Å². The molecule has 5 aliphatic carbocycles. The van der Waals surface area contributed by atoms with Crippen LogP contribution in [0.4, 0.5) is 8.78 Å². The van der Waals surface area contributed by atoms with Crippen LogP contribution in [0.15, 0.2) is 99.6 Å². The highest BCUT2D eigenvalue weighted by Gasteiger charge is 2.56. The number of esters is 2. The van der Waals surface area contributed by atoms with Gasteiger partial charge in [0, 0.05) is 0 Å². The molecule has 0 radical (unpaired) electrons. The number of ether oxygens (including phenoxy) is 2. The minimum Gasteiger partial charge on any atom is -0.743 e. The molecule has 0 amide bonds. The lowest BCUT2D eigenvalue weighted by Gasteiger charge is -2.55. The van der Waals surface area contributed by atoms with Gasteiger partial charge in [-0.2, -0.15) is 8.78 Å². The summed E-state index contributed by atoms with van der Waals surface area (Å²) < 4.78 is 67.9. The van der Waals surface area contributed by atoms with Crippen molar-refractivity contribution in [3.05, 3.63) is 90.5 Å². The van der Waals surface area contributed by atoms with Crippen molar-refractivity contribution in [3.63, 3.8) is 0 Å². The van der Waals surface area contributed by atoms with Crippen molar-refractivity contribution in [1.82, 2.24) is 0 Å². The first-order valence-electron chi connectivity index (χ1n) is 17.5. The van der Waals surface area contributed by atoms with Gasteiger partial charge in [-0.25, -0.2) is 13.2 Å². The predicted octanol–water partition coefficient (Wildman–Crippen LogP) is 8.55. The van der Waals surface area contributed by atoms with Crippen LogP contribution < -0.4 is 0 Å². The first kappa shape index (κ1) is 36.5. The zero-order chi connectivity index (χ0) is 35.6. The monoisotopic (exact) mass is 726 g/mol. The van der Waals surface area contributed by atoms with Gasteiger partial charge in [0.1, 0.15) is 5.60 Å². The Morgan fingerprint density at radius 1 is 0.800 bits per heavy atom. The number of hydrogen-bond donors (Lipinski definition) is 0. The average Bonchev–Trinajstić information content (AvgIpc) is 3.56. The molecule has 4 bridgehead atoms. The number of hydrogen-bond acceptors (Lipinski definition) is 7. The van der Waals surface area contributed by atoms with E-state index in [0.29, 0.717) is 42.6 Å². The van der Waals surface area contributed by atoms with E-state index >= 15 is 0 Å². The quantitative estimate of drug-likeness (QED) is 0.117. The largest absolute Gasteiger partial charge is 0.743 e. The zero-order valence-corrected chi connectivity index (χ0v) is 29.9. The Morgan fingerprint density at radius 2 is 1.26 bits per heavy atom. The topological polar surface area (TPSA) is 110 Å². The maximum Gasteiger partial charge on any atom is 0.367 e. The number of halogens is 2. The second-order valence-electron chi connectivity index (χ2n) is 14.5. The second kappa shape index (κ2) is 14.8. The highest BCUT2D eigenvalue weighted by atomic mass is 32.2. The van der Waals surface area contributed by atoms with Crippen LogP contribution in [0.3, 0.4) is 0 Å². The Morgan fingerprint density at radius 3 is 1.70 bits per heavy atom. The van der Waals surface area contributed by atoms with Crippen LogP contribution in [0.2, 0.25) is 0 Å². The second-order valence-corrected chi connectivity index (χ2v) is 18.0. The van der Waals surface area contributed by atoms with Crippen LogP contribution in [-0.4, -0.2) is 42.4 Å². The number of alkyl halides is 2. The number of benzene rings is 3. The fraction of sp³-hybridized carbons (Fsp3) is 0.487. The van der Waals surface area contributed by atoms with Crippen molar-refractivity contribution >= 4 is 33.0 Å². The molecule has 5 saturated carbocycles. The number of rotatable bonds is 10. The zero-order valence-electron chi connectivity index (χ0n) is 28.2. The Labute approximate surface area is 296 Å². The fourth-order valence-electron chi connectivity index (χ4n) is 8.79. The van der Waals surface area contributed by atoms with E-state index in [2.05, 4.69) is 72.3 Å². The molecule has 7 nitrogen and oxygen atoms in total. The summed E-state index contributed by atoms with van der Waals surface area (Å²) in [5.41, 5.74) is -0.357. The normalized spacial score (nSPS) is 25.1. The van der Waals surface area contributed by atoms with Gasteiger partial charge in [0.2, 0.25) is 0 Å². The molecule has 0 atom stereocenters. The molecule has 0 aliphatic heterocycles. The van der Waals surface area contributed by atoms with E-state index in [1.54, 1.807) is 0 Å². The maximum absolute atomic E-state index is 13.1. The summed E-state index contributed by atoms with van der Waals surface area (Å²) in [5, 5.41) is -4.56. The molecule has 5 aliphatic rings. The van der Waals surface area contributed by atoms with Crippen molar-refractivity contribution in [3.8, 4) is 0 Å². The summed E-state index contributed by atoms with van der Waals surface area (Å²) in [7, 11) is -6.02. The summed E-state index contributed by atoms with van der Waals surface area (Å²) in [4.78, 5) is 28.7. The van der Waals surface area contributed by atoms with E-state index in [-0.39, 0.29) is 22.5 Å². The smallest absolute Gasteiger partial charge is 0.367 e. The molecule has 11 heteroatoms. The minimum absolute atomic E-state index is 0.195. The molecule has 268 valence electrons. The standard InChI is InChI=1S/C26H27O2S.C13H18F2O5S/c1-2-26(19-9-10-20-26)28-25(27)21-15-17-24(18-16-21)29(22-11-5-3-6-12-22)23-13-7-4-8-14-23;14-13(15,21(17,18)19)7-20-11(16)12-4-8-1-9(5-12)3-10(2-8)6-12/h3-8,11-18H,2,9-10,19-20H2,1H3;8-10H,1-7H2,(H,17,18,19)/q+1;/p-1. The van der Waals surface area contributed by atoms with Gasteiger partial charge in [-0.05, 0) is 137 Å². The molecule has 0 aromatic heterocycles. The van der Waals surface area contributed by atoms with Gasteiger partial charge in [0.05, 0.1) is 21.9 Å². The van der Waals surface area contributed by atoms with E-state index in [1.165, 1.54) is 14.7 Å². The lowest BCUT2D eigenvalue weighted by Crippen LogP contribution is -2.51. The summed E-state index contributed by atoms with van der Waals surface area (Å²) >= 11 is 0. The summed E-state index contributed by atoms with van der Waals surface area (Å²) in [5.74, 6) is 0.359. The van der Waals surface area contributed by atoms with Crippen LogP contribution in [-0.2, 0) is 35.3 Å². The van der Waals surface area contributed by atoms with Gasteiger partial charge in [-0.15, -0.1) is 0 Å². The van der Waals surface area contributed by atoms with E-state index in [0.717, 1.165) is 51.4 Å².